The van der Waals surface area contributed by atoms with Gasteiger partial charge >= 0.3 is 0 Å². The second-order valence-corrected chi connectivity index (χ2v) is 12.0. The van der Waals surface area contributed by atoms with Gasteiger partial charge in [-0.05, 0) is 57.3 Å². The molecule has 0 radical (unpaired) electrons. The van der Waals surface area contributed by atoms with Gasteiger partial charge in [0.05, 0.1) is 4.34 Å². The van der Waals surface area contributed by atoms with E-state index in [1.807, 2.05) is 4.90 Å². The van der Waals surface area contributed by atoms with E-state index in [-0.39, 0.29) is 22.1 Å². The van der Waals surface area contributed by atoms with Crippen LogP contribution in [0.15, 0.2) is 16.3 Å². The quantitative estimate of drug-likeness (QED) is 0.647. The lowest BCUT2D eigenvalue weighted by Gasteiger charge is -2.33. The van der Waals surface area contributed by atoms with Gasteiger partial charge in [0.2, 0.25) is 5.91 Å². The number of amides is 1. The van der Waals surface area contributed by atoms with E-state index in [2.05, 4.69) is 4.90 Å². The Morgan fingerprint density at radius 3 is 2.54 bits per heavy atom. The fraction of sp³-hybridized carbons (Fsp3) is 0.737. The Hall–Kier alpha value is -0.670. The van der Waals surface area contributed by atoms with Gasteiger partial charge < -0.3 is 9.80 Å². The highest BCUT2D eigenvalue weighted by atomic mass is 35.5. The Labute approximate surface area is 176 Å². The van der Waals surface area contributed by atoms with Crippen molar-refractivity contribution >= 4 is 38.9 Å². The number of thiophene rings is 1. The van der Waals surface area contributed by atoms with Crippen LogP contribution in [0.1, 0.15) is 38.5 Å². The van der Waals surface area contributed by atoms with Gasteiger partial charge in [-0.25, -0.2) is 8.42 Å². The monoisotopic (exact) mass is 445 g/mol. The molecule has 1 atom stereocenters. The van der Waals surface area contributed by atoms with Crippen LogP contribution < -0.4 is 0 Å². The molecule has 156 valence electrons. The van der Waals surface area contributed by atoms with Crippen LogP contribution in [0, 0.1) is 5.92 Å². The maximum absolute atomic E-state index is 12.9. The summed E-state index contributed by atoms with van der Waals surface area (Å²) in [4.78, 5) is 17.3. The number of sulfonamides is 1. The summed E-state index contributed by atoms with van der Waals surface area (Å²) in [6, 6.07) is 3.16. The second-order valence-electron chi connectivity index (χ2n) is 8.07. The van der Waals surface area contributed by atoms with Crippen LogP contribution in [0.5, 0.6) is 0 Å². The molecule has 1 aromatic rings. The van der Waals surface area contributed by atoms with Gasteiger partial charge in [-0.3, -0.25) is 4.79 Å². The van der Waals surface area contributed by atoms with Gasteiger partial charge in [-0.1, -0.05) is 18.0 Å². The van der Waals surface area contributed by atoms with Gasteiger partial charge in [0.15, 0.2) is 0 Å². The molecule has 0 bridgehead atoms. The van der Waals surface area contributed by atoms with Gasteiger partial charge in [-0.2, -0.15) is 4.31 Å². The summed E-state index contributed by atoms with van der Waals surface area (Å²) >= 11 is 7.02. The smallest absolute Gasteiger partial charge is 0.252 e. The van der Waals surface area contributed by atoms with Crippen molar-refractivity contribution in [2.75, 3.05) is 39.3 Å². The molecule has 3 heterocycles. The number of hydrogen-bond acceptors (Lipinski definition) is 5. The molecule has 0 N–H and O–H groups in total. The van der Waals surface area contributed by atoms with E-state index in [9.17, 15) is 13.2 Å². The fourth-order valence-corrected chi connectivity index (χ4v) is 7.35. The second kappa shape index (κ2) is 8.60. The summed E-state index contributed by atoms with van der Waals surface area (Å²) in [7, 11) is -3.53. The minimum absolute atomic E-state index is 0.0249. The van der Waals surface area contributed by atoms with Crippen molar-refractivity contribution in [2.45, 2.75) is 48.8 Å². The lowest BCUT2D eigenvalue weighted by Crippen LogP contribution is -2.47. The molecule has 1 unspecified atom stereocenters. The summed E-state index contributed by atoms with van der Waals surface area (Å²) in [5.74, 6) is 0.378. The van der Waals surface area contributed by atoms with E-state index in [4.69, 9.17) is 11.6 Å². The lowest BCUT2D eigenvalue weighted by molar-refractivity contribution is -0.134. The number of piperidine rings is 1. The van der Waals surface area contributed by atoms with E-state index in [1.54, 1.807) is 12.1 Å². The van der Waals surface area contributed by atoms with Crippen molar-refractivity contribution in [3.63, 3.8) is 0 Å². The topological polar surface area (TPSA) is 60.9 Å². The highest BCUT2D eigenvalue weighted by Gasteiger charge is 2.41. The van der Waals surface area contributed by atoms with E-state index in [0.29, 0.717) is 30.4 Å². The van der Waals surface area contributed by atoms with Crippen molar-refractivity contribution < 1.29 is 13.2 Å². The number of nitrogens with zero attached hydrogens (tertiary/aromatic N) is 3. The van der Waals surface area contributed by atoms with Gasteiger partial charge in [0.25, 0.3) is 10.0 Å². The zero-order valence-corrected chi connectivity index (χ0v) is 18.4. The summed E-state index contributed by atoms with van der Waals surface area (Å²) in [6.45, 7) is 4.66. The average molecular weight is 446 g/mol. The minimum atomic E-state index is -3.53. The zero-order chi connectivity index (χ0) is 19.7. The summed E-state index contributed by atoms with van der Waals surface area (Å²) in [5, 5.41) is 0. The van der Waals surface area contributed by atoms with Crippen molar-refractivity contribution in [3.05, 3.63) is 16.5 Å². The Balaban J connectivity index is 1.42. The molecule has 1 aromatic heterocycles. The van der Waals surface area contributed by atoms with Crippen molar-refractivity contribution in [1.82, 2.24) is 14.1 Å². The molecule has 0 spiro atoms. The first-order valence-electron chi connectivity index (χ1n) is 10.2. The van der Waals surface area contributed by atoms with E-state index in [1.165, 1.54) is 23.6 Å². The number of carbonyl (C=O) groups is 1. The number of likely N-dealkylation sites (tertiary alicyclic amines) is 1. The molecule has 6 nitrogen and oxygen atoms in total. The first kappa shape index (κ1) is 20.6. The molecule has 3 fully saturated rings. The van der Waals surface area contributed by atoms with Crippen LogP contribution in [-0.4, -0.2) is 73.7 Å². The normalized spacial score (nSPS) is 24.5. The molecule has 2 aliphatic heterocycles. The number of hydrogen-bond donors (Lipinski definition) is 0. The Kier molecular flexibility index (Phi) is 6.32. The van der Waals surface area contributed by atoms with Crippen molar-refractivity contribution in [1.29, 1.82) is 0 Å². The number of halogens is 1. The van der Waals surface area contributed by atoms with Crippen LogP contribution in [0.2, 0.25) is 4.34 Å². The first-order valence-corrected chi connectivity index (χ1v) is 12.9. The third kappa shape index (κ3) is 4.56. The molecule has 0 aromatic carbocycles. The van der Waals surface area contributed by atoms with E-state index in [0.717, 1.165) is 43.8 Å². The van der Waals surface area contributed by atoms with Gasteiger partial charge in [0.1, 0.15) is 4.21 Å². The summed E-state index contributed by atoms with van der Waals surface area (Å²) in [6.07, 6.45) is 6.41. The molecule has 3 aliphatic rings. The van der Waals surface area contributed by atoms with Crippen molar-refractivity contribution in [2.24, 2.45) is 5.92 Å². The zero-order valence-electron chi connectivity index (χ0n) is 16.1. The average Bonchev–Trinajstić information content (AvgIpc) is 3.25. The third-order valence-electron chi connectivity index (χ3n) is 6.03. The SMILES string of the molecule is O=C(C1CC1)N(CCN1CCCCC1)C1CCN(S(=O)(=O)c2ccc(Cl)s2)C1. The standard InChI is InChI=1S/C19H28ClN3O3S2/c20-17-6-7-18(27-17)28(25,26)22-11-8-16(14-22)23(19(24)15-4-5-15)13-12-21-9-2-1-3-10-21/h6-7,15-16H,1-5,8-14H2. The maximum atomic E-state index is 12.9. The van der Waals surface area contributed by atoms with E-state index >= 15 is 0 Å². The molecule has 1 amide bonds. The molecule has 9 heteroatoms. The van der Waals surface area contributed by atoms with Crippen molar-refractivity contribution in [3.8, 4) is 0 Å². The van der Waals surface area contributed by atoms with Crippen LogP contribution in [-0.2, 0) is 14.8 Å². The molecular weight excluding hydrogens is 418 g/mol. The predicted octanol–water partition coefficient (Wildman–Crippen LogP) is 2.89. The lowest BCUT2D eigenvalue weighted by atomic mass is 10.1. The summed E-state index contributed by atoms with van der Waals surface area (Å²) in [5.41, 5.74) is 0. The fourth-order valence-electron chi connectivity index (χ4n) is 4.22. The predicted molar refractivity (Wildman–Crippen MR) is 111 cm³/mol. The molecule has 4 rings (SSSR count). The summed E-state index contributed by atoms with van der Waals surface area (Å²) < 4.78 is 28.1. The van der Waals surface area contributed by atoms with Gasteiger partial charge in [-0.15, -0.1) is 11.3 Å². The highest BCUT2D eigenvalue weighted by Crippen LogP contribution is 2.34. The molecule has 1 saturated carbocycles. The molecular formula is C19H28ClN3O3S2. The van der Waals surface area contributed by atoms with Crippen LogP contribution >= 0.6 is 22.9 Å². The van der Waals surface area contributed by atoms with Crippen LogP contribution in [0.4, 0.5) is 0 Å². The van der Waals surface area contributed by atoms with Crippen LogP contribution in [0.3, 0.4) is 0 Å². The number of rotatable bonds is 7. The Morgan fingerprint density at radius 1 is 1.14 bits per heavy atom. The van der Waals surface area contributed by atoms with Gasteiger partial charge in [0, 0.05) is 38.1 Å². The largest absolute Gasteiger partial charge is 0.337 e. The molecule has 28 heavy (non-hydrogen) atoms. The Morgan fingerprint density at radius 2 is 1.89 bits per heavy atom. The number of carbonyl (C=O) groups excluding carboxylic acids is 1. The van der Waals surface area contributed by atoms with E-state index < -0.39 is 10.0 Å². The minimum Gasteiger partial charge on any atom is -0.337 e. The highest BCUT2D eigenvalue weighted by molar-refractivity contribution is 7.91. The third-order valence-corrected chi connectivity index (χ3v) is 9.59. The maximum Gasteiger partial charge on any atom is 0.252 e. The Bertz CT molecular complexity index is 803. The molecule has 2 saturated heterocycles. The van der Waals surface area contributed by atoms with Crippen LogP contribution in [0.25, 0.3) is 0 Å². The first-order chi connectivity index (χ1) is 13.4. The molecule has 1 aliphatic carbocycles.